The summed E-state index contributed by atoms with van der Waals surface area (Å²) in [6.07, 6.45) is 0.591. The lowest BCUT2D eigenvalue weighted by atomic mass is 10.5. The first kappa shape index (κ1) is 6.26. The fourth-order valence-electron chi connectivity index (χ4n) is 0.554. The molecule has 1 fully saturated rings. The van der Waals surface area contributed by atoms with E-state index in [-0.39, 0.29) is 24.3 Å². The Morgan fingerprint density at radius 2 is 2.44 bits per heavy atom. The zero-order valence-electron chi connectivity index (χ0n) is 5.22. The third-order valence-electron chi connectivity index (χ3n) is 1.23. The Balaban J connectivity index is 2.07. The van der Waals surface area contributed by atoms with Gasteiger partial charge < -0.3 is 4.74 Å². The van der Waals surface area contributed by atoms with Crippen molar-refractivity contribution in [3.8, 4) is 0 Å². The number of Topliss-reactive ketones (excluding diaryl/α,β-unsaturated/α-hetero) is 1. The zero-order valence-corrected chi connectivity index (χ0v) is 5.22. The van der Waals surface area contributed by atoms with Crippen LogP contribution >= 0.6 is 0 Å². The largest absolute Gasteiger partial charge is 0.465 e. The SMILES string of the molecule is CC(=O)OCC1CC1=O. The van der Waals surface area contributed by atoms with Gasteiger partial charge in [-0.15, -0.1) is 0 Å². The molecular formula is C6H8O3. The number of carbonyl (C=O) groups is 2. The van der Waals surface area contributed by atoms with E-state index in [2.05, 4.69) is 4.74 Å². The van der Waals surface area contributed by atoms with Crippen LogP contribution in [0.1, 0.15) is 13.3 Å². The highest BCUT2D eigenvalue weighted by Crippen LogP contribution is 2.23. The minimum atomic E-state index is -0.310. The van der Waals surface area contributed by atoms with Gasteiger partial charge in [0.25, 0.3) is 0 Å². The number of hydrogen-bond donors (Lipinski definition) is 0. The minimum Gasteiger partial charge on any atom is -0.465 e. The number of esters is 1. The molecule has 0 aliphatic heterocycles. The molecular weight excluding hydrogens is 120 g/mol. The Bertz CT molecular complexity index is 150. The normalized spacial score (nSPS) is 23.7. The molecule has 50 valence electrons. The van der Waals surface area contributed by atoms with E-state index >= 15 is 0 Å². The fourth-order valence-corrected chi connectivity index (χ4v) is 0.554. The second-order valence-corrected chi connectivity index (χ2v) is 2.17. The molecule has 1 rings (SSSR count). The molecule has 9 heavy (non-hydrogen) atoms. The van der Waals surface area contributed by atoms with E-state index in [1.165, 1.54) is 6.92 Å². The van der Waals surface area contributed by atoms with Gasteiger partial charge in [-0.05, 0) is 0 Å². The van der Waals surface area contributed by atoms with Crippen LogP contribution in [0.5, 0.6) is 0 Å². The minimum absolute atomic E-state index is 0.0221. The van der Waals surface area contributed by atoms with Gasteiger partial charge >= 0.3 is 5.97 Å². The van der Waals surface area contributed by atoms with Crippen molar-refractivity contribution in [3.05, 3.63) is 0 Å². The highest BCUT2D eigenvalue weighted by molar-refractivity contribution is 5.96. The van der Waals surface area contributed by atoms with Crippen molar-refractivity contribution in [1.29, 1.82) is 0 Å². The van der Waals surface area contributed by atoms with Gasteiger partial charge in [-0.25, -0.2) is 0 Å². The maximum atomic E-state index is 10.3. The number of hydrogen-bond acceptors (Lipinski definition) is 3. The lowest BCUT2D eigenvalue weighted by Gasteiger charge is -1.94. The number of carbonyl (C=O) groups excluding carboxylic acids is 2. The van der Waals surface area contributed by atoms with Crippen molar-refractivity contribution in [2.75, 3.05) is 6.61 Å². The van der Waals surface area contributed by atoms with Crippen molar-refractivity contribution >= 4 is 11.8 Å². The Kier molecular flexibility index (Phi) is 1.51. The van der Waals surface area contributed by atoms with Crippen molar-refractivity contribution in [2.24, 2.45) is 5.92 Å². The van der Waals surface area contributed by atoms with Crippen LogP contribution < -0.4 is 0 Å². The summed E-state index contributed by atoms with van der Waals surface area (Å²) in [5.41, 5.74) is 0. The summed E-state index contributed by atoms with van der Waals surface area (Å²) in [6, 6.07) is 0. The highest BCUT2D eigenvalue weighted by Gasteiger charge is 2.35. The van der Waals surface area contributed by atoms with E-state index in [1.54, 1.807) is 0 Å². The van der Waals surface area contributed by atoms with Gasteiger partial charge in [-0.1, -0.05) is 0 Å². The molecule has 1 unspecified atom stereocenters. The molecule has 0 aromatic rings. The molecule has 0 radical (unpaired) electrons. The van der Waals surface area contributed by atoms with Crippen LogP contribution in [0.3, 0.4) is 0 Å². The van der Waals surface area contributed by atoms with Gasteiger partial charge in [0.1, 0.15) is 12.4 Å². The van der Waals surface area contributed by atoms with Crippen LogP contribution in [0.2, 0.25) is 0 Å². The van der Waals surface area contributed by atoms with Gasteiger partial charge in [-0.2, -0.15) is 0 Å². The van der Waals surface area contributed by atoms with Crippen LogP contribution in [-0.4, -0.2) is 18.4 Å². The fraction of sp³-hybridized carbons (Fsp3) is 0.667. The first-order chi connectivity index (χ1) is 4.20. The van der Waals surface area contributed by atoms with Crippen LogP contribution in [0.15, 0.2) is 0 Å². The molecule has 1 saturated carbocycles. The van der Waals surface area contributed by atoms with Crippen LogP contribution in [0, 0.1) is 5.92 Å². The van der Waals surface area contributed by atoms with Crippen LogP contribution in [0.4, 0.5) is 0 Å². The molecule has 0 bridgehead atoms. The molecule has 1 atom stereocenters. The van der Waals surface area contributed by atoms with Crippen molar-refractivity contribution in [3.63, 3.8) is 0 Å². The molecule has 0 aromatic carbocycles. The summed E-state index contributed by atoms with van der Waals surface area (Å²) < 4.78 is 4.58. The van der Waals surface area contributed by atoms with Gasteiger partial charge in [0.05, 0.1) is 5.92 Å². The third-order valence-corrected chi connectivity index (χ3v) is 1.23. The summed E-state index contributed by atoms with van der Waals surface area (Å²) in [5.74, 6) is -0.0835. The zero-order chi connectivity index (χ0) is 6.85. The monoisotopic (exact) mass is 128 g/mol. The summed E-state index contributed by atoms with van der Waals surface area (Å²) in [5, 5.41) is 0. The molecule has 1 aliphatic carbocycles. The molecule has 0 heterocycles. The summed E-state index contributed by atoms with van der Waals surface area (Å²) in [4.78, 5) is 20.5. The smallest absolute Gasteiger partial charge is 0.302 e. The molecule has 3 heteroatoms. The van der Waals surface area contributed by atoms with Crippen LogP contribution in [-0.2, 0) is 14.3 Å². The number of ether oxygens (including phenoxy) is 1. The lowest BCUT2D eigenvalue weighted by Crippen LogP contribution is -2.02. The maximum Gasteiger partial charge on any atom is 0.302 e. The van der Waals surface area contributed by atoms with Crippen molar-refractivity contribution < 1.29 is 14.3 Å². The van der Waals surface area contributed by atoms with E-state index < -0.39 is 0 Å². The molecule has 0 N–H and O–H groups in total. The standard InChI is InChI=1S/C6H8O3/c1-4(7)9-3-5-2-6(5)8/h5H,2-3H2,1H3. The third kappa shape index (κ3) is 1.83. The van der Waals surface area contributed by atoms with Gasteiger partial charge in [0.2, 0.25) is 0 Å². The van der Waals surface area contributed by atoms with E-state index in [0.717, 1.165) is 0 Å². The van der Waals surface area contributed by atoms with Crippen LogP contribution in [0.25, 0.3) is 0 Å². The Morgan fingerprint density at radius 3 is 2.78 bits per heavy atom. The Hall–Kier alpha value is -0.860. The second kappa shape index (κ2) is 2.17. The molecule has 3 nitrogen and oxygen atoms in total. The number of rotatable bonds is 2. The Labute approximate surface area is 53.0 Å². The van der Waals surface area contributed by atoms with Gasteiger partial charge in [-0.3, -0.25) is 9.59 Å². The quantitative estimate of drug-likeness (QED) is 0.497. The van der Waals surface area contributed by atoms with E-state index in [4.69, 9.17) is 0 Å². The van der Waals surface area contributed by atoms with Crippen molar-refractivity contribution in [2.45, 2.75) is 13.3 Å². The first-order valence-corrected chi connectivity index (χ1v) is 2.86. The molecule has 0 spiro atoms. The highest BCUT2D eigenvalue weighted by atomic mass is 16.5. The number of ketones is 1. The average molecular weight is 128 g/mol. The average Bonchev–Trinajstić information content (AvgIpc) is 2.42. The summed E-state index contributed by atoms with van der Waals surface area (Å²) >= 11 is 0. The molecule has 0 amide bonds. The van der Waals surface area contributed by atoms with E-state index in [1.807, 2.05) is 0 Å². The molecule has 0 aromatic heterocycles. The van der Waals surface area contributed by atoms with Gasteiger partial charge in [0.15, 0.2) is 0 Å². The van der Waals surface area contributed by atoms with E-state index in [9.17, 15) is 9.59 Å². The summed E-state index contributed by atoms with van der Waals surface area (Å²) in [6.45, 7) is 1.63. The van der Waals surface area contributed by atoms with Crippen molar-refractivity contribution in [1.82, 2.24) is 0 Å². The topological polar surface area (TPSA) is 43.4 Å². The first-order valence-electron chi connectivity index (χ1n) is 2.86. The summed E-state index contributed by atoms with van der Waals surface area (Å²) in [7, 11) is 0. The molecule has 0 saturated heterocycles. The lowest BCUT2D eigenvalue weighted by molar-refractivity contribution is -0.141. The predicted octanol–water partition coefficient (Wildman–Crippen LogP) is 0.139. The van der Waals surface area contributed by atoms with E-state index in [0.29, 0.717) is 6.42 Å². The van der Waals surface area contributed by atoms with Gasteiger partial charge in [0, 0.05) is 13.3 Å². The predicted molar refractivity (Wildman–Crippen MR) is 29.7 cm³/mol. The Morgan fingerprint density at radius 1 is 1.89 bits per heavy atom. The molecule has 1 aliphatic rings. The second-order valence-electron chi connectivity index (χ2n) is 2.17. The maximum absolute atomic E-state index is 10.3.